The van der Waals surface area contributed by atoms with Crippen LogP contribution in [-0.2, 0) is 25.6 Å². The van der Waals surface area contributed by atoms with E-state index in [9.17, 15) is 24.3 Å². The fraction of sp³-hybridized carbons (Fsp3) is 0.615. The van der Waals surface area contributed by atoms with E-state index in [1.807, 2.05) is 44.2 Å². The summed E-state index contributed by atoms with van der Waals surface area (Å²) in [6, 6.07) is 6.09. The minimum atomic E-state index is -1.13. The van der Waals surface area contributed by atoms with E-state index in [0.717, 1.165) is 18.5 Å². The molecule has 1 aromatic rings. The molecule has 0 radical (unpaired) electrons. The van der Waals surface area contributed by atoms with Crippen molar-refractivity contribution in [1.82, 2.24) is 21.3 Å². The van der Waals surface area contributed by atoms with Crippen molar-refractivity contribution >= 4 is 23.7 Å². The molecule has 10 nitrogen and oxygen atoms in total. The standard InChI is InChI=1S/C26H41N5O5/c1-17(2)15-21(24(33)29-20(26(35)36)11-6-7-13-27)30-25(34)22(16-18-9-4-3-5-10-18)31-23(32)19-12-8-14-28-19/h3-5,9-10,17,19-22,28H,6-8,11-16,27H2,1-2H3,(H,29,33)(H,30,34)(H,31,32)(H,35,36). The molecule has 0 saturated carbocycles. The second-order valence-corrected chi connectivity index (χ2v) is 9.77. The average Bonchev–Trinajstić information content (AvgIpc) is 3.38. The van der Waals surface area contributed by atoms with Gasteiger partial charge in [0.15, 0.2) is 0 Å². The lowest BCUT2D eigenvalue weighted by Crippen LogP contribution is -2.57. The number of carboxylic acid groups (broad SMARTS) is 1. The van der Waals surface area contributed by atoms with Gasteiger partial charge in [0.25, 0.3) is 0 Å². The maximum absolute atomic E-state index is 13.4. The van der Waals surface area contributed by atoms with E-state index >= 15 is 0 Å². The van der Waals surface area contributed by atoms with Crippen LogP contribution in [0, 0.1) is 5.92 Å². The largest absolute Gasteiger partial charge is 0.480 e. The number of rotatable bonds is 15. The zero-order chi connectivity index (χ0) is 26.5. The van der Waals surface area contributed by atoms with Gasteiger partial charge >= 0.3 is 5.97 Å². The van der Waals surface area contributed by atoms with Gasteiger partial charge in [0.05, 0.1) is 6.04 Å². The van der Waals surface area contributed by atoms with Crippen molar-refractivity contribution in [2.24, 2.45) is 11.7 Å². The number of hydrogen-bond acceptors (Lipinski definition) is 6. The van der Waals surface area contributed by atoms with E-state index in [4.69, 9.17) is 5.73 Å². The lowest BCUT2D eigenvalue weighted by atomic mass is 10.00. The Kier molecular flexibility index (Phi) is 12.4. The fourth-order valence-corrected chi connectivity index (χ4v) is 4.24. The number of benzene rings is 1. The van der Waals surface area contributed by atoms with Crippen molar-refractivity contribution in [2.75, 3.05) is 13.1 Å². The van der Waals surface area contributed by atoms with E-state index in [2.05, 4.69) is 21.3 Å². The fourth-order valence-electron chi connectivity index (χ4n) is 4.24. The van der Waals surface area contributed by atoms with Gasteiger partial charge in [0.2, 0.25) is 17.7 Å². The van der Waals surface area contributed by atoms with Crippen LogP contribution in [0.15, 0.2) is 30.3 Å². The Balaban J connectivity index is 2.14. The van der Waals surface area contributed by atoms with E-state index in [0.29, 0.717) is 32.2 Å². The van der Waals surface area contributed by atoms with Gasteiger partial charge in [-0.05, 0) is 63.1 Å². The van der Waals surface area contributed by atoms with Gasteiger partial charge in [0, 0.05) is 6.42 Å². The molecule has 1 aliphatic heterocycles. The molecule has 2 rings (SSSR count). The molecule has 0 aliphatic carbocycles. The van der Waals surface area contributed by atoms with Crippen molar-refractivity contribution in [3.05, 3.63) is 35.9 Å². The molecule has 1 heterocycles. The average molecular weight is 504 g/mol. The molecule has 3 amide bonds. The summed E-state index contributed by atoms with van der Waals surface area (Å²) in [6.45, 7) is 5.02. The van der Waals surface area contributed by atoms with Crippen LogP contribution in [0.25, 0.3) is 0 Å². The summed E-state index contributed by atoms with van der Waals surface area (Å²) in [5.74, 6) is -2.36. The molecule has 1 aliphatic rings. The van der Waals surface area contributed by atoms with Crippen LogP contribution in [0.2, 0.25) is 0 Å². The minimum absolute atomic E-state index is 0.0615. The van der Waals surface area contributed by atoms with Crippen LogP contribution in [0.1, 0.15) is 57.9 Å². The highest BCUT2D eigenvalue weighted by Gasteiger charge is 2.31. The molecule has 0 bridgehead atoms. The van der Waals surface area contributed by atoms with E-state index < -0.39 is 35.9 Å². The summed E-state index contributed by atoms with van der Waals surface area (Å²) in [4.78, 5) is 50.9. The van der Waals surface area contributed by atoms with Crippen molar-refractivity contribution in [1.29, 1.82) is 0 Å². The maximum atomic E-state index is 13.4. The number of hydrogen-bond donors (Lipinski definition) is 6. The number of unbranched alkanes of at least 4 members (excludes halogenated alkanes) is 1. The lowest BCUT2D eigenvalue weighted by Gasteiger charge is -2.26. The number of carbonyl (C=O) groups is 4. The highest BCUT2D eigenvalue weighted by molar-refractivity contribution is 5.94. The first kappa shape index (κ1) is 29.3. The van der Waals surface area contributed by atoms with Crippen LogP contribution in [0.3, 0.4) is 0 Å². The van der Waals surface area contributed by atoms with Crippen molar-refractivity contribution in [3.8, 4) is 0 Å². The van der Waals surface area contributed by atoms with Crippen LogP contribution in [0.5, 0.6) is 0 Å². The summed E-state index contributed by atoms with van der Waals surface area (Å²) < 4.78 is 0. The predicted molar refractivity (Wildman–Crippen MR) is 137 cm³/mol. The quantitative estimate of drug-likeness (QED) is 0.192. The first-order valence-corrected chi connectivity index (χ1v) is 12.8. The van der Waals surface area contributed by atoms with Crippen LogP contribution >= 0.6 is 0 Å². The van der Waals surface area contributed by atoms with Crippen LogP contribution in [-0.4, -0.2) is 66.1 Å². The highest BCUT2D eigenvalue weighted by atomic mass is 16.4. The summed E-state index contributed by atoms with van der Waals surface area (Å²) >= 11 is 0. The minimum Gasteiger partial charge on any atom is -0.480 e. The molecule has 200 valence electrons. The third-order valence-electron chi connectivity index (χ3n) is 6.19. The predicted octanol–water partition coefficient (Wildman–Crippen LogP) is 0.695. The smallest absolute Gasteiger partial charge is 0.326 e. The molecule has 0 aromatic heterocycles. The summed E-state index contributed by atoms with van der Waals surface area (Å²) in [5, 5.41) is 20.9. The van der Waals surface area contributed by atoms with Gasteiger partial charge in [0.1, 0.15) is 18.1 Å². The number of nitrogens with two attached hydrogens (primary N) is 1. The van der Waals surface area contributed by atoms with Crippen molar-refractivity contribution in [3.63, 3.8) is 0 Å². The first-order valence-electron chi connectivity index (χ1n) is 12.8. The summed E-state index contributed by atoms with van der Waals surface area (Å²) in [6.07, 6.45) is 3.64. The van der Waals surface area contributed by atoms with Crippen LogP contribution < -0.4 is 27.0 Å². The number of nitrogens with one attached hydrogen (secondary N) is 4. The molecule has 7 N–H and O–H groups in total. The molecule has 1 aromatic carbocycles. The highest BCUT2D eigenvalue weighted by Crippen LogP contribution is 2.11. The summed E-state index contributed by atoms with van der Waals surface area (Å²) in [7, 11) is 0. The Labute approximate surface area is 213 Å². The van der Waals surface area contributed by atoms with Gasteiger partial charge in [-0.15, -0.1) is 0 Å². The zero-order valence-corrected chi connectivity index (χ0v) is 21.3. The van der Waals surface area contributed by atoms with E-state index in [1.54, 1.807) is 0 Å². The first-order chi connectivity index (χ1) is 17.2. The number of aliphatic carboxylic acids is 1. The van der Waals surface area contributed by atoms with Crippen molar-refractivity contribution in [2.45, 2.75) is 83.0 Å². The van der Waals surface area contributed by atoms with Crippen LogP contribution in [0.4, 0.5) is 0 Å². The second kappa shape index (κ2) is 15.2. The lowest BCUT2D eigenvalue weighted by molar-refractivity contribution is -0.142. The molecule has 1 fully saturated rings. The van der Waals surface area contributed by atoms with Gasteiger partial charge in [-0.1, -0.05) is 44.2 Å². The Morgan fingerprint density at radius 2 is 1.67 bits per heavy atom. The van der Waals surface area contributed by atoms with E-state index in [-0.39, 0.29) is 30.7 Å². The summed E-state index contributed by atoms with van der Waals surface area (Å²) in [5.41, 5.74) is 6.36. The van der Waals surface area contributed by atoms with Gasteiger partial charge < -0.3 is 32.1 Å². The van der Waals surface area contributed by atoms with Gasteiger partial charge in [-0.2, -0.15) is 0 Å². The Bertz CT molecular complexity index is 858. The molecular weight excluding hydrogens is 462 g/mol. The zero-order valence-electron chi connectivity index (χ0n) is 21.3. The Hall–Kier alpha value is -2.98. The second-order valence-electron chi connectivity index (χ2n) is 9.77. The Morgan fingerprint density at radius 3 is 2.25 bits per heavy atom. The van der Waals surface area contributed by atoms with Crippen molar-refractivity contribution < 1.29 is 24.3 Å². The Morgan fingerprint density at radius 1 is 1.00 bits per heavy atom. The SMILES string of the molecule is CC(C)CC(NC(=O)C(Cc1ccccc1)NC(=O)C1CCCN1)C(=O)NC(CCCCN)C(=O)O. The van der Waals surface area contributed by atoms with Gasteiger partial charge in [-0.3, -0.25) is 14.4 Å². The number of amides is 3. The normalized spacial score (nSPS) is 17.7. The molecule has 0 spiro atoms. The third-order valence-corrected chi connectivity index (χ3v) is 6.19. The molecule has 4 atom stereocenters. The third kappa shape index (κ3) is 9.94. The maximum Gasteiger partial charge on any atom is 0.326 e. The molecule has 10 heteroatoms. The van der Waals surface area contributed by atoms with E-state index in [1.165, 1.54) is 0 Å². The topological polar surface area (TPSA) is 163 Å². The number of carbonyl (C=O) groups excluding carboxylic acids is 3. The number of carboxylic acids is 1. The molecule has 4 unspecified atom stereocenters. The molecule has 36 heavy (non-hydrogen) atoms. The molecule has 1 saturated heterocycles. The van der Waals surface area contributed by atoms with Gasteiger partial charge in [-0.25, -0.2) is 4.79 Å². The monoisotopic (exact) mass is 503 g/mol. The molecular formula is C26H41N5O5.